The van der Waals surface area contributed by atoms with Gasteiger partial charge in [-0.3, -0.25) is 0 Å². The van der Waals surface area contributed by atoms with Crippen molar-refractivity contribution in [2.45, 2.75) is 31.2 Å². The molecular weight excluding hydrogens is 356 g/mol. The Labute approximate surface area is 145 Å². The minimum Gasteiger partial charge on any atom is -0.495 e. The molecule has 0 fully saturated rings. The molecule has 0 spiro atoms. The third kappa shape index (κ3) is 3.57. The summed E-state index contributed by atoms with van der Waals surface area (Å²) in [5.41, 5.74) is -0.448. The van der Waals surface area contributed by atoms with E-state index in [9.17, 15) is 8.42 Å². The second-order valence-electron chi connectivity index (χ2n) is 5.91. The lowest BCUT2D eigenvalue weighted by atomic mass is 10.1. The van der Waals surface area contributed by atoms with Crippen LogP contribution in [0.5, 0.6) is 11.5 Å². The Kier molecular flexibility index (Phi) is 4.95. The minimum atomic E-state index is -4.00. The third-order valence-electron chi connectivity index (χ3n) is 3.14. The van der Waals surface area contributed by atoms with Gasteiger partial charge in [-0.25, -0.2) is 17.8 Å². The number of hydrogen-bond donors (Lipinski definition) is 1. The van der Waals surface area contributed by atoms with E-state index in [0.717, 1.165) is 0 Å². The fraction of sp³-hybridized carbons (Fsp3) is 0.429. The fourth-order valence-corrected chi connectivity index (χ4v) is 3.41. The van der Waals surface area contributed by atoms with Crippen LogP contribution in [0.25, 0.3) is 0 Å². The van der Waals surface area contributed by atoms with E-state index >= 15 is 0 Å². The van der Waals surface area contributed by atoms with Gasteiger partial charge in [0.25, 0.3) is 10.0 Å². The number of halogens is 1. The van der Waals surface area contributed by atoms with Crippen molar-refractivity contribution in [2.24, 2.45) is 0 Å². The molecule has 1 N–H and O–H groups in total. The lowest BCUT2D eigenvalue weighted by Gasteiger charge is -2.21. The molecule has 1 aromatic carbocycles. The van der Waals surface area contributed by atoms with Gasteiger partial charge in [0.05, 0.1) is 24.8 Å². The largest absolute Gasteiger partial charge is 0.495 e. The first-order valence-corrected chi connectivity index (χ1v) is 8.81. The Balaban J connectivity index is 2.51. The van der Waals surface area contributed by atoms with Gasteiger partial charge in [-0.1, -0.05) is 11.6 Å². The van der Waals surface area contributed by atoms with Crippen LogP contribution in [-0.4, -0.2) is 37.4 Å². The molecule has 0 saturated heterocycles. The van der Waals surface area contributed by atoms with E-state index in [2.05, 4.69) is 14.8 Å². The summed E-state index contributed by atoms with van der Waals surface area (Å²) >= 11 is 6.01. The molecule has 0 aliphatic carbocycles. The van der Waals surface area contributed by atoms with Crippen molar-refractivity contribution in [3.05, 3.63) is 23.5 Å². The molecule has 0 bridgehead atoms. The van der Waals surface area contributed by atoms with Gasteiger partial charge < -0.3 is 9.47 Å². The molecule has 0 amide bonds. The topological polar surface area (TPSA) is 95.3 Å². The van der Waals surface area contributed by atoms with Crippen molar-refractivity contribution >= 4 is 27.6 Å². The lowest BCUT2D eigenvalue weighted by Crippen LogP contribution is -2.27. The van der Waals surface area contributed by atoms with Crippen LogP contribution in [0.1, 0.15) is 20.8 Å². The van der Waals surface area contributed by atoms with Crippen molar-refractivity contribution < 1.29 is 17.9 Å². The van der Waals surface area contributed by atoms with Crippen LogP contribution in [0.2, 0.25) is 5.02 Å². The third-order valence-corrected chi connectivity index (χ3v) is 4.78. The number of sulfonamides is 1. The highest BCUT2D eigenvalue weighted by Gasteiger charge is 2.26. The smallest absolute Gasteiger partial charge is 0.268 e. The molecule has 132 valence electrons. The first-order valence-electron chi connectivity index (χ1n) is 6.95. The number of hydrogen-bond acceptors (Lipinski definition) is 6. The van der Waals surface area contributed by atoms with Crippen molar-refractivity contribution in [2.75, 3.05) is 18.9 Å². The normalized spacial score (nSPS) is 12.1. The number of nitrogens with one attached hydrogen (secondary N) is 1. The standard InChI is InChI=1S/C14H19ClN4O4S/c1-14(2,3)19-13(16-8-17-19)18-24(20,21)12-7-10(22-4)9(15)6-11(12)23-5/h6-8H,1-5H3,(H,16,17,18). The van der Waals surface area contributed by atoms with E-state index in [1.54, 1.807) is 0 Å². The summed E-state index contributed by atoms with van der Waals surface area (Å²) in [5.74, 6) is 0.406. The SMILES string of the molecule is COc1cc(S(=O)(=O)Nc2ncnn2C(C)(C)C)c(OC)cc1Cl. The fourth-order valence-electron chi connectivity index (χ4n) is 2.02. The first-order chi connectivity index (χ1) is 11.1. The maximum Gasteiger partial charge on any atom is 0.268 e. The quantitative estimate of drug-likeness (QED) is 0.863. The monoisotopic (exact) mass is 374 g/mol. The van der Waals surface area contributed by atoms with Gasteiger partial charge in [0, 0.05) is 12.1 Å². The molecule has 2 rings (SSSR count). The van der Waals surface area contributed by atoms with Crippen LogP contribution in [0, 0.1) is 0 Å². The van der Waals surface area contributed by atoms with Gasteiger partial charge in [0.2, 0.25) is 5.95 Å². The van der Waals surface area contributed by atoms with E-state index in [0.29, 0.717) is 0 Å². The Bertz CT molecular complexity index is 843. The van der Waals surface area contributed by atoms with E-state index in [-0.39, 0.29) is 27.4 Å². The molecule has 1 heterocycles. The molecular formula is C14H19ClN4O4S. The van der Waals surface area contributed by atoms with E-state index in [1.165, 1.54) is 37.4 Å². The second kappa shape index (κ2) is 6.48. The number of benzene rings is 1. The highest BCUT2D eigenvalue weighted by atomic mass is 35.5. The predicted octanol–water partition coefficient (Wildman–Crippen LogP) is 2.50. The van der Waals surface area contributed by atoms with Crippen molar-refractivity contribution in [3.8, 4) is 11.5 Å². The molecule has 24 heavy (non-hydrogen) atoms. The van der Waals surface area contributed by atoms with Gasteiger partial charge in [-0.05, 0) is 20.8 Å². The van der Waals surface area contributed by atoms with Gasteiger partial charge in [-0.15, -0.1) is 0 Å². The van der Waals surface area contributed by atoms with Crippen LogP contribution in [-0.2, 0) is 15.6 Å². The first kappa shape index (κ1) is 18.3. The van der Waals surface area contributed by atoms with Crippen LogP contribution >= 0.6 is 11.6 Å². The molecule has 0 aliphatic heterocycles. The lowest BCUT2D eigenvalue weighted by molar-refractivity contribution is 0.360. The summed E-state index contributed by atoms with van der Waals surface area (Å²) in [6.45, 7) is 5.64. The summed E-state index contributed by atoms with van der Waals surface area (Å²) in [7, 11) is -1.24. The molecule has 0 atom stereocenters. The molecule has 10 heteroatoms. The Morgan fingerprint density at radius 2 is 1.79 bits per heavy atom. The maximum atomic E-state index is 12.8. The molecule has 0 aliphatic rings. The van der Waals surface area contributed by atoms with Gasteiger partial charge in [-0.2, -0.15) is 10.1 Å². The van der Waals surface area contributed by atoms with E-state index in [1.807, 2.05) is 20.8 Å². The molecule has 0 radical (unpaired) electrons. The highest BCUT2D eigenvalue weighted by molar-refractivity contribution is 7.92. The van der Waals surface area contributed by atoms with Gasteiger partial charge >= 0.3 is 0 Å². The summed E-state index contributed by atoms with van der Waals surface area (Å²) in [4.78, 5) is 3.86. The number of methoxy groups -OCH3 is 2. The number of ether oxygens (including phenoxy) is 2. The summed E-state index contributed by atoms with van der Waals surface area (Å²) in [6, 6.07) is 2.67. The molecule has 0 saturated carbocycles. The average Bonchev–Trinajstić information content (AvgIpc) is 2.94. The Morgan fingerprint density at radius 3 is 2.33 bits per heavy atom. The van der Waals surface area contributed by atoms with Crippen molar-refractivity contribution in [1.29, 1.82) is 0 Å². The van der Waals surface area contributed by atoms with Crippen LogP contribution < -0.4 is 14.2 Å². The summed E-state index contributed by atoms with van der Waals surface area (Å²) < 4.78 is 39.6. The van der Waals surface area contributed by atoms with Gasteiger partial charge in [0.1, 0.15) is 22.7 Å². The predicted molar refractivity (Wildman–Crippen MR) is 90.4 cm³/mol. The number of rotatable bonds is 5. The Morgan fingerprint density at radius 1 is 1.17 bits per heavy atom. The zero-order chi connectivity index (χ0) is 18.1. The van der Waals surface area contributed by atoms with Crippen LogP contribution in [0.3, 0.4) is 0 Å². The zero-order valence-corrected chi connectivity index (χ0v) is 15.6. The van der Waals surface area contributed by atoms with E-state index < -0.39 is 15.6 Å². The number of nitrogens with zero attached hydrogens (tertiary/aromatic N) is 3. The molecule has 1 aromatic heterocycles. The Hall–Kier alpha value is -2.00. The van der Waals surface area contributed by atoms with Gasteiger partial charge in [0.15, 0.2) is 0 Å². The maximum absolute atomic E-state index is 12.8. The van der Waals surface area contributed by atoms with Crippen LogP contribution in [0.15, 0.2) is 23.4 Å². The second-order valence-corrected chi connectivity index (χ2v) is 7.97. The minimum absolute atomic E-state index is 0.0927. The molecule has 0 unspecified atom stereocenters. The van der Waals surface area contributed by atoms with Crippen molar-refractivity contribution in [3.63, 3.8) is 0 Å². The average molecular weight is 375 g/mol. The summed E-state index contributed by atoms with van der Waals surface area (Å²) in [5, 5.41) is 4.30. The van der Waals surface area contributed by atoms with Crippen molar-refractivity contribution in [1.82, 2.24) is 14.8 Å². The molecule has 8 nitrogen and oxygen atoms in total. The van der Waals surface area contributed by atoms with Crippen LogP contribution in [0.4, 0.5) is 5.95 Å². The highest BCUT2D eigenvalue weighted by Crippen LogP contribution is 2.35. The number of aromatic nitrogens is 3. The molecule has 2 aromatic rings. The number of anilines is 1. The van der Waals surface area contributed by atoms with E-state index in [4.69, 9.17) is 21.1 Å². The zero-order valence-electron chi connectivity index (χ0n) is 14.0. The summed E-state index contributed by atoms with van der Waals surface area (Å²) in [6.07, 6.45) is 1.28.